The molecule has 0 saturated heterocycles. The van der Waals surface area contributed by atoms with Crippen molar-refractivity contribution in [2.75, 3.05) is 0 Å². The van der Waals surface area contributed by atoms with Gasteiger partial charge in [0.05, 0.1) is 0 Å². The molecule has 0 aromatic carbocycles. The maximum absolute atomic E-state index is 8.77. The van der Waals surface area contributed by atoms with Crippen LogP contribution in [0, 0.1) is 0 Å². The van der Waals surface area contributed by atoms with E-state index < -0.39 is 10.3 Å². The number of halogens is 1. The first-order chi connectivity index (χ1) is 1.73. The van der Waals surface area contributed by atoms with Gasteiger partial charge >= 0.3 is 27.3 Å². The molecule has 1 atom stereocenters. The van der Waals surface area contributed by atoms with Crippen molar-refractivity contribution in [3.05, 3.63) is 0 Å². The second-order valence-electron chi connectivity index (χ2n) is 0.194. The Bertz CT molecular complexity index is 32.6. The molecular weight excluding hydrogens is 307 g/mol. The fourth-order valence-corrected chi connectivity index (χ4v) is 0. The summed E-state index contributed by atoms with van der Waals surface area (Å²) in [5, 5.41) is 0. The van der Waals surface area contributed by atoms with Gasteiger partial charge in [-0.25, -0.2) is 0 Å². The van der Waals surface area contributed by atoms with E-state index >= 15 is 0 Å². The first kappa shape index (κ1) is 9.59. The van der Waals surface area contributed by atoms with Crippen molar-refractivity contribution in [3.8, 4) is 0 Å². The molecule has 32 valence electrons. The van der Waals surface area contributed by atoms with Crippen LogP contribution in [0.15, 0.2) is 0 Å². The summed E-state index contributed by atoms with van der Waals surface area (Å²) in [6.45, 7) is 0. The molecule has 0 N–H and O–H groups in total. The predicted octanol–water partition coefficient (Wildman–Crippen LogP) is -0.897. The number of hydrogen-bond acceptors (Lipinski definition) is 2. The first-order valence-electron chi connectivity index (χ1n) is 0.488. The Morgan fingerprint density at radius 1 is 1.80 bits per heavy atom. The molecule has 0 aliphatic carbocycles. The van der Waals surface area contributed by atoms with Crippen LogP contribution in [-0.4, -0.2) is 36.1 Å². The van der Waals surface area contributed by atoms with Gasteiger partial charge in [-0.2, -0.15) is 0 Å². The molecule has 0 saturated carbocycles. The minimum atomic E-state index is -2.39. The van der Waals surface area contributed by atoms with Gasteiger partial charge in [0.2, 0.25) is 0 Å². The Hall–Kier alpha value is 1.32. The van der Waals surface area contributed by atoms with Crippen LogP contribution in [0.4, 0.5) is 0 Å². The van der Waals surface area contributed by atoms with Crippen LogP contribution in [0.1, 0.15) is 0 Å². The van der Waals surface area contributed by atoms with Crippen molar-refractivity contribution in [2.24, 2.45) is 0 Å². The summed E-state index contributed by atoms with van der Waals surface area (Å²) in [7, 11) is 1.80. The van der Waals surface area contributed by atoms with Gasteiger partial charge in [-0.1, -0.05) is 0 Å². The van der Waals surface area contributed by atoms with Crippen LogP contribution in [-0.2, 0) is 10.3 Å². The third-order valence-electron chi connectivity index (χ3n) is 0. The van der Waals surface area contributed by atoms with E-state index in [0.29, 0.717) is 0 Å². The molecule has 0 amide bonds. The minimum absolute atomic E-state index is 0. The molecule has 0 aromatic rings. The van der Waals surface area contributed by atoms with Crippen LogP contribution in [0.5, 0.6) is 0 Å². The average molecular weight is 309 g/mol. The zero-order chi connectivity index (χ0) is 3.58. The summed E-state index contributed by atoms with van der Waals surface area (Å²) in [4.78, 5) is 0. The SMILES string of the molecule is O=S([O-])Cl.[PbH2]. The van der Waals surface area contributed by atoms with Crippen molar-refractivity contribution in [1.29, 1.82) is 0 Å². The monoisotopic (exact) mass is 309 g/mol. The fraction of sp³-hybridized carbons (Fsp3) is 0. The van der Waals surface area contributed by atoms with Crippen molar-refractivity contribution >= 4 is 48.3 Å². The Kier molecular flexibility index (Phi) is 10.2. The molecule has 5 heavy (non-hydrogen) atoms. The third-order valence-corrected chi connectivity index (χ3v) is 0. The second-order valence-corrected chi connectivity index (χ2v) is 1.34. The van der Waals surface area contributed by atoms with E-state index in [1.54, 1.807) is 0 Å². The normalized spacial score (nSPS) is 12.4. The van der Waals surface area contributed by atoms with Crippen LogP contribution in [0.2, 0.25) is 0 Å². The Labute approximate surface area is 56.8 Å². The van der Waals surface area contributed by atoms with Crippen molar-refractivity contribution in [3.63, 3.8) is 0 Å². The molecule has 0 heterocycles. The van der Waals surface area contributed by atoms with Gasteiger partial charge in [0.15, 0.2) is 0 Å². The number of rotatable bonds is 0. The van der Waals surface area contributed by atoms with E-state index in [0.717, 1.165) is 0 Å². The second kappa shape index (κ2) is 5.32. The van der Waals surface area contributed by atoms with E-state index in [-0.39, 0.29) is 27.3 Å². The van der Waals surface area contributed by atoms with Crippen LogP contribution in [0.25, 0.3) is 0 Å². The molecule has 0 aliphatic rings. The van der Waals surface area contributed by atoms with Gasteiger partial charge in [0, 0.05) is 10.3 Å². The molecule has 0 aliphatic heterocycles. The summed E-state index contributed by atoms with van der Waals surface area (Å²) in [5.74, 6) is 0. The Balaban J connectivity index is 0. The van der Waals surface area contributed by atoms with Crippen molar-refractivity contribution < 1.29 is 8.76 Å². The summed E-state index contributed by atoms with van der Waals surface area (Å²) >= 11 is 0. The van der Waals surface area contributed by atoms with Crippen molar-refractivity contribution in [2.45, 2.75) is 0 Å². The van der Waals surface area contributed by atoms with Crippen molar-refractivity contribution in [1.82, 2.24) is 0 Å². The standard InChI is InChI=1S/ClHO2S.Pb.2H/c1-4(2)3;;;/h(H,2,3);;;/p-1. The van der Waals surface area contributed by atoms with Gasteiger partial charge in [-0.05, 0) is 10.7 Å². The number of hydrogen-bond donors (Lipinski definition) is 0. The zero-order valence-corrected chi connectivity index (χ0v) is 9.38. The van der Waals surface area contributed by atoms with Crippen LogP contribution >= 0.6 is 10.7 Å². The van der Waals surface area contributed by atoms with Gasteiger partial charge in [0.1, 0.15) is 0 Å². The molecule has 2 radical (unpaired) electrons. The molecule has 0 aromatic heterocycles. The summed E-state index contributed by atoms with van der Waals surface area (Å²) in [6, 6.07) is 0. The van der Waals surface area contributed by atoms with E-state index in [9.17, 15) is 0 Å². The quantitative estimate of drug-likeness (QED) is 0.331. The first-order valence-corrected chi connectivity index (χ1v) is 2.39. The Morgan fingerprint density at radius 2 is 1.80 bits per heavy atom. The predicted molar refractivity (Wildman–Crippen MR) is 23.3 cm³/mol. The van der Waals surface area contributed by atoms with E-state index in [4.69, 9.17) is 8.76 Å². The fourth-order valence-electron chi connectivity index (χ4n) is 0. The molecule has 5 heteroatoms. The topological polar surface area (TPSA) is 40.1 Å². The summed E-state index contributed by atoms with van der Waals surface area (Å²) in [5.41, 5.74) is 0. The Morgan fingerprint density at radius 3 is 1.80 bits per heavy atom. The van der Waals surface area contributed by atoms with Gasteiger partial charge in [0.25, 0.3) is 0 Å². The molecule has 0 rings (SSSR count). The summed E-state index contributed by atoms with van der Waals surface area (Å²) in [6.07, 6.45) is 0. The molecule has 0 bridgehead atoms. The molecule has 0 fully saturated rings. The molecule has 1 unspecified atom stereocenters. The third kappa shape index (κ3) is 33.6. The molecule has 0 spiro atoms. The molecule has 2 nitrogen and oxygen atoms in total. The van der Waals surface area contributed by atoms with E-state index in [1.165, 1.54) is 0 Å². The average Bonchev–Trinajstić information content (AvgIpc) is 0.811. The zero-order valence-electron chi connectivity index (χ0n) is 2.31. The van der Waals surface area contributed by atoms with E-state index in [1.807, 2.05) is 0 Å². The maximum atomic E-state index is 8.77. The van der Waals surface area contributed by atoms with Crippen LogP contribution in [0.3, 0.4) is 0 Å². The molecular formula is H2ClO2PbS-. The van der Waals surface area contributed by atoms with Gasteiger partial charge in [-0.15, -0.1) is 0 Å². The van der Waals surface area contributed by atoms with E-state index in [2.05, 4.69) is 10.7 Å². The summed E-state index contributed by atoms with van der Waals surface area (Å²) < 4.78 is 17.5. The van der Waals surface area contributed by atoms with Crippen LogP contribution < -0.4 is 0 Å². The van der Waals surface area contributed by atoms with Gasteiger partial charge in [-0.3, -0.25) is 4.21 Å². The van der Waals surface area contributed by atoms with Gasteiger partial charge < -0.3 is 4.55 Å².